The first-order chi connectivity index (χ1) is 11.7. The Balaban J connectivity index is 1.41. The minimum atomic E-state index is 0.0379. The number of hydrogen-bond acceptors (Lipinski definition) is 5. The van der Waals surface area contributed by atoms with E-state index in [0.717, 1.165) is 21.2 Å². The number of oxazole rings is 1. The number of amides is 1. The predicted octanol–water partition coefficient (Wildman–Crippen LogP) is 3.75. The molecule has 0 bridgehead atoms. The van der Waals surface area contributed by atoms with E-state index in [1.807, 2.05) is 37.3 Å². The number of carbonyl (C=O) groups is 1. The van der Waals surface area contributed by atoms with Crippen molar-refractivity contribution < 1.29 is 9.21 Å². The van der Waals surface area contributed by atoms with E-state index in [1.54, 1.807) is 23.7 Å². The van der Waals surface area contributed by atoms with Gasteiger partial charge < -0.3 is 9.73 Å². The second-order valence-electron chi connectivity index (χ2n) is 5.46. The van der Waals surface area contributed by atoms with Crippen LogP contribution in [0.4, 0.5) is 0 Å². The molecule has 2 heterocycles. The first-order valence-corrected chi connectivity index (χ1v) is 8.70. The van der Waals surface area contributed by atoms with Crippen molar-refractivity contribution in [3.8, 4) is 11.3 Å². The second-order valence-corrected chi connectivity index (χ2v) is 6.78. The number of nitrogens with zero attached hydrogens (tertiary/aromatic N) is 2. The summed E-state index contributed by atoms with van der Waals surface area (Å²) in [6.07, 6.45) is 5.36. The maximum Gasteiger partial charge on any atom is 0.220 e. The number of carbonyl (C=O) groups excluding carboxylic acids is 1. The van der Waals surface area contributed by atoms with E-state index in [0.29, 0.717) is 31.7 Å². The molecule has 1 amide bonds. The van der Waals surface area contributed by atoms with E-state index >= 15 is 0 Å². The predicted molar refractivity (Wildman–Crippen MR) is 93.6 cm³/mol. The highest BCUT2D eigenvalue weighted by Crippen LogP contribution is 2.20. The van der Waals surface area contributed by atoms with Gasteiger partial charge in [0.25, 0.3) is 0 Å². The third-order valence-corrected chi connectivity index (χ3v) is 4.45. The van der Waals surface area contributed by atoms with Crippen LogP contribution in [0, 0.1) is 6.92 Å². The molecule has 0 aliphatic heterocycles. The fourth-order valence-electron chi connectivity index (χ4n) is 2.32. The van der Waals surface area contributed by atoms with E-state index in [4.69, 9.17) is 4.42 Å². The Labute approximate surface area is 144 Å². The van der Waals surface area contributed by atoms with Gasteiger partial charge in [-0.25, -0.2) is 9.97 Å². The van der Waals surface area contributed by atoms with Gasteiger partial charge in [0, 0.05) is 29.5 Å². The number of thiazole rings is 1. The Bertz CT molecular complexity index is 795. The Hall–Kier alpha value is -2.47. The molecule has 0 saturated carbocycles. The van der Waals surface area contributed by atoms with Crippen LogP contribution in [-0.4, -0.2) is 15.9 Å². The maximum absolute atomic E-state index is 11.9. The minimum Gasteiger partial charge on any atom is -0.441 e. The third-order valence-electron chi connectivity index (χ3n) is 3.54. The summed E-state index contributed by atoms with van der Waals surface area (Å²) in [7, 11) is 0. The molecular formula is C18H19N3O2S. The number of hydrogen-bond donors (Lipinski definition) is 1. The number of aryl methyl sites for hydroxylation is 2. The quantitative estimate of drug-likeness (QED) is 0.711. The van der Waals surface area contributed by atoms with Gasteiger partial charge in [0.05, 0.1) is 17.7 Å². The van der Waals surface area contributed by atoms with Crippen molar-refractivity contribution in [2.45, 2.75) is 32.7 Å². The first kappa shape index (κ1) is 16.4. The van der Waals surface area contributed by atoms with Gasteiger partial charge in [0.2, 0.25) is 5.91 Å². The van der Waals surface area contributed by atoms with E-state index in [2.05, 4.69) is 15.3 Å². The maximum atomic E-state index is 11.9. The topological polar surface area (TPSA) is 68.0 Å². The van der Waals surface area contributed by atoms with Crippen LogP contribution in [0.25, 0.3) is 11.3 Å². The molecular weight excluding hydrogens is 322 g/mol. The van der Waals surface area contributed by atoms with E-state index in [9.17, 15) is 4.79 Å². The fourth-order valence-corrected chi connectivity index (χ4v) is 3.06. The van der Waals surface area contributed by atoms with E-state index in [1.165, 1.54) is 0 Å². The van der Waals surface area contributed by atoms with Gasteiger partial charge in [-0.15, -0.1) is 11.3 Å². The molecule has 124 valence electrons. The number of nitrogens with one attached hydrogen (secondary N) is 1. The molecule has 1 N–H and O–H groups in total. The molecule has 0 saturated heterocycles. The van der Waals surface area contributed by atoms with Gasteiger partial charge in [-0.1, -0.05) is 30.3 Å². The molecule has 1 aromatic carbocycles. The molecule has 0 aliphatic carbocycles. The first-order valence-electron chi connectivity index (χ1n) is 7.89. The van der Waals surface area contributed by atoms with Crippen LogP contribution in [0.1, 0.15) is 28.6 Å². The lowest BCUT2D eigenvalue weighted by Gasteiger charge is -2.02. The van der Waals surface area contributed by atoms with Crippen molar-refractivity contribution in [1.29, 1.82) is 0 Å². The summed E-state index contributed by atoms with van der Waals surface area (Å²) in [5.41, 5.74) is 1.01. The van der Waals surface area contributed by atoms with Crippen molar-refractivity contribution >= 4 is 17.2 Å². The smallest absolute Gasteiger partial charge is 0.220 e. The van der Waals surface area contributed by atoms with Crippen LogP contribution in [0.3, 0.4) is 0 Å². The number of benzene rings is 1. The van der Waals surface area contributed by atoms with Gasteiger partial charge in [0.15, 0.2) is 11.7 Å². The van der Waals surface area contributed by atoms with Crippen LogP contribution in [0.2, 0.25) is 0 Å². The molecule has 3 rings (SSSR count). The van der Waals surface area contributed by atoms with Crippen LogP contribution in [-0.2, 0) is 17.8 Å². The van der Waals surface area contributed by atoms with Crippen LogP contribution >= 0.6 is 11.3 Å². The standard InChI is InChI=1S/C18H19N3O2S/c1-13-19-10-15(24-13)11-20-17(22)8-5-9-18-21-12-16(23-18)14-6-3-2-4-7-14/h2-4,6-7,10,12H,5,8-9,11H2,1H3,(H,20,22). The Morgan fingerprint density at radius 2 is 2.04 bits per heavy atom. The summed E-state index contributed by atoms with van der Waals surface area (Å²) in [6, 6.07) is 9.86. The van der Waals surface area contributed by atoms with Gasteiger partial charge in [-0.2, -0.15) is 0 Å². The summed E-state index contributed by atoms with van der Waals surface area (Å²) in [6.45, 7) is 2.50. The highest BCUT2D eigenvalue weighted by atomic mass is 32.1. The van der Waals surface area contributed by atoms with E-state index in [-0.39, 0.29) is 5.91 Å². The molecule has 0 fully saturated rings. The Morgan fingerprint density at radius 3 is 2.79 bits per heavy atom. The Kier molecular flexibility index (Phi) is 5.38. The van der Waals surface area contributed by atoms with Crippen molar-refractivity contribution in [2.75, 3.05) is 0 Å². The fraction of sp³-hybridized carbons (Fsp3) is 0.278. The zero-order valence-corrected chi connectivity index (χ0v) is 14.3. The lowest BCUT2D eigenvalue weighted by atomic mass is 10.2. The number of rotatable bonds is 7. The summed E-state index contributed by atoms with van der Waals surface area (Å²) < 4.78 is 5.73. The summed E-state index contributed by atoms with van der Waals surface area (Å²) in [5.74, 6) is 1.46. The SMILES string of the molecule is Cc1ncc(CNC(=O)CCCc2ncc(-c3ccccc3)o2)s1. The van der Waals surface area contributed by atoms with Gasteiger partial charge in [0.1, 0.15) is 0 Å². The molecule has 0 spiro atoms. The molecule has 24 heavy (non-hydrogen) atoms. The van der Waals surface area contributed by atoms with Crippen molar-refractivity contribution in [3.63, 3.8) is 0 Å². The zero-order valence-electron chi connectivity index (χ0n) is 13.5. The largest absolute Gasteiger partial charge is 0.441 e. The third kappa shape index (κ3) is 4.52. The number of aromatic nitrogens is 2. The van der Waals surface area contributed by atoms with Crippen LogP contribution in [0.5, 0.6) is 0 Å². The average Bonchev–Trinajstić information content (AvgIpc) is 3.23. The molecule has 0 unspecified atom stereocenters. The molecule has 3 aromatic rings. The van der Waals surface area contributed by atoms with Crippen molar-refractivity contribution in [3.05, 3.63) is 58.5 Å². The highest BCUT2D eigenvalue weighted by molar-refractivity contribution is 7.11. The van der Waals surface area contributed by atoms with Gasteiger partial charge in [-0.05, 0) is 13.3 Å². The van der Waals surface area contributed by atoms with Gasteiger partial charge in [-0.3, -0.25) is 4.79 Å². The second kappa shape index (κ2) is 7.88. The molecule has 5 nitrogen and oxygen atoms in total. The van der Waals surface area contributed by atoms with Gasteiger partial charge >= 0.3 is 0 Å². The molecule has 0 aliphatic rings. The lowest BCUT2D eigenvalue weighted by molar-refractivity contribution is -0.121. The van der Waals surface area contributed by atoms with Crippen LogP contribution < -0.4 is 5.32 Å². The average molecular weight is 341 g/mol. The molecule has 6 heteroatoms. The van der Waals surface area contributed by atoms with Crippen molar-refractivity contribution in [1.82, 2.24) is 15.3 Å². The summed E-state index contributed by atoms with van der Waals surface area (Å²) in [5, 5.41) is 3.92. The highest BCUT2D eigenvalue weighted by Gasteiger charge is 2.08. The summed E-state index contributed by atoms with van der Waals surface area (Å²) >= 11 is 1.60. The van der Waals surface area contributed by atoms with E-state index < -0.39 is 0 Å². The lowest BCUT2D eigenvalue weighted by Crippen LogP contribution is -2.22. The zero-order chi connectivity index (χ0) is 16.8. The molecule has 0 atom stereocenters. The monoisotopic (exact) mass is 341 g/mol. The van der Waals surface area contributed by atoms with Crippen molar-refractivity contribution in [2.24, 2.45) is 0 Å². The van der Waals surface area contributed by atoms with Crippen LogP contribution in [0.15, 0.2) is 47.1 Å². The summed E-state index contributed by atoms with van der Waals surface area (Å²) in [4.78, 5) is 21.4. The minimum absolute atomic E-state index is 0.0379. The Morgan fingerprint density at radius 1 is 1.21 bits per heavy atom. The normalized spacial score (nSPS) is 10.7. The molecule has 2 aromatic heterocycles. The molecule has 0 radical (unpaired) electrons.